The standard InChI is InChI=1S/C13H30N2O/c1-12(2)11-14-8-10-15(5)9-7-13(3,4)16-6/h12,14H,7-11H2,1-6H3. The van der Waals surface area contributed by atoms with Crippen molar-refractivity contribution in [1.82, 2.24) is 10.2 Å². The molecule has 3 heteroatoms. The van der Waals surface area contributed by atoms with Gasteiger partial charge in [0, 0.05) is 26.7 Å². The summed E-state index contributed by atoms with van der Waals surface area (Å²) in [6.45, 7) is 13.1. The van der Waals surface area contributed by atoms with Gasteiger partial charge in [-0.25, -0.2) is 0 Å². The normalized spacial score (nSPS) is 12.8. The smallest absolute Gasteiger partial charge is 0.0634 e. The van der Waals surface area contributed by atoms with Gasteiger partial charge in [0.15, 0.2) is 0 Å². The summed E-state index contributed by atoms with van der Waals surface area (Å²) >= 11 is 0. The van der Waals surface area contributed by atoms with Crippen LogP contribution >= 0.6 is 0 Å². The minimum Gasteiger partial charge on any atom is -0.379 e. The van der Waals surface area contributed by atoms with Gasteiger partial charge in [-0.15, -0.1) is 0 Å². The van der Waals surface area contributed by atoms with E-state index in [0.717, 1.165) is 38.5 Å². The highest BCUT2D eigenvalue weighted by Gasteiger charge is 2.16. The first-order chi connectivity index (χ1) is 7.37. The minimum absolute atomic E-state index is 0.000376. The van der Waals surface area contributed by atoms with Gasteiger partial charge in [0.1, 0.15) is 0 Å². The van der Waals surface area contributed by atoms with Crippen LogP contribution in [-0.2, 0) is 4.74 Å². The Bertz CT molecular complexity index is 169. The Balaban J connectivity index is 3.48. The molecule has 16 heavy (non-hydrogen) atoms. The lowest BCUT2D eigenvalue weighted by atomic mass is 10.1. The van der Waals surface area contributed by atoms with Crippen LogP contribution in [0.25, 0.3) is 0 Å². The van der Waals surface area contributed by atoms with E-state index in [1.54, 1.807) is 7.11 Å². The Labute approximate surface area is 102 Å². The van der Waals surface area contributed by atoms with Crippen molar-refractivity contribution < 1.29 is 4.74 Å². The van der Waals surface area contributed by atoms with Crippen LogP contribution in [0.4, 0.5) is 0 Å². The highest BCUT2D eigenvalue weighted by atomic mass is 16.5. The number of rotatable bonds is 9. The first-order valence-corrected chi connectivity index (χ1v) is 6.32. The summed E-state index contributed by atoms with van der Waals surface area (Å²) < 4.78 is 5.40. The molecule has 0 radical (unpaired) electrons. The molecular formula is C13H30N2O. The van der Waals surface area contributed by atoms with Crippen LogP contribution in [0, 0.1) is 5.92 Å². The van der Waals surface area contributed by atoms with E-state index in [0.29, 0.717) is 0 Å². The van der Waals surface area contributed by atoms with Gasteiger partial charge in [-0.3, -0.25) is 0 Å². The van der Waals surface area contributed by atoms with Crippen molar-refractivity contribution in [2.75, 3.05) is 40.3 Å². The van der Waals surface area contributed by atoms with Crippen LogP contribution in [0.15, 0.2) is 0 Å². The summed E-state index contributed by atoms with van der Waals surface area (Å²) in [5, 5.41) is 3.45. The molecule has 0 unspecified atom stereocenters. The lowest BCUT2D eigenvalue weighted by Gasteiger charge is -2.26. The summed E-state index contributed by atoms with van der Waals surface area (Å²) in [6, 6.07) is 0. The Hall–Kier alpha value is -0.120. The quantitative estimate of drug-likeness (QED) is 0.613. The van der Waals surface area contributed by atoms with Gasteiger partial charge in [0.25, 0.3) is 0 Å². The molecule has 0 heterocycles. The van der Waals surface area contributed by atoms with Gasteiger partial charge in [-0.2, -0.15) is 0 Å². The predicted molar refractivity (Wildman–Crippen MR) is 70.9 cm³/mol. The van der Waals surface area contributed by atoms with Gasteiger partial charge >= 0.3 is 0 Å². The molecule has 0 amide bonds. The maximum Gasteiger partial charge on any atom is 0.0634 e. The fourth-order valence-corrected chi connectivity index (χ4v) is 1.33. The van der Waals surface area contributed by atoms with Crippen molar-refractivity contribution >= 4 is 0 Å². The largest absolute Gasteiger partial charge is 0.379 e. The number of nitrogens with zero attached hydrogens (tertiary/aromatic N) is 1. The van der Waals surface area contributed by atoms with Crippen LogP contribution in [-0.4, -0.2) is 50.8 Å². The summed E-state index contributed by atoms with van der Waals surface area (Å²) in [4.78, 5) is 2.36. The SMILES string of the molecule is COC(C)(C)CCN(C)CCNCC(C)C. The zero-order chi connectivity index (χ0) is 12.6. The number of hydrogen-bond donors (Lipinski definition) is 1. The number of hydrogen-bond acceptors (Lipinski definition) is 3. The van der Waals surface area contributed by atoms with Crippen molar-refractivity contribution in [1.29, 1.82) is 0 Å². The molecule has 0 aliphatic carbocycles. The Morgan fingerprint density at radius 2 is 1.88 bits per heavy atom. The molecule has 0 aliphatic heterocycles. The average Bonchev–Trinajstić information content (AvgIpc) is 2.21. The summed E-state index contributed by atoms with van der Waals surface area (Å²) in [5.41, 5.74) is -0.000376. The molecular weight excluding hydrogens is 200 g/mol. The topological polar surface area (TPSA) is 24.5 Å². The summed E-state index contributed by atoms with van der Waals surface area (Å²) in [6.07, 6.45) is 1.07. The second-order valence-corrected chi connectivity index (χ2v) is 5.62. The maximum absolute atomic E-state index is 5.40. The highest BCUT2D eigenvalue weighted by Crippen LogP contribution is 2.12. The first-order valence-electron chi connectivity index (χ1n) is 6.32. The lowest BCUT2D eigenvalue weighted by Crippen LogP contribution is -2.35. The van der Waals surface area contributed by atoms with Crippen LogP contribution < -0.4 is 5.32 Å². The van der Waals surface area contributed by atoms with Gasteiger partial charge in [-0.1, -0.05) is 13.8 Å². The van der Waals surface area contributed by atoms with E-state index in [1.807, 2.05) is 0 Å². The van der Waals surface area contributed by atoms with Gasteiger partial charge in [0.05, 0.1) is 5.60 Å². The molecule has 3 nitrogen and oxygen atoms in total. The molecule has 0 aliphatic rings. The molecule has 0 rings (SSSR count). The van der Waals surface area contributed by atoms with Crippen LogP contribution in [0.5, 0.6) is 0 Å². The molecule has 0 atom stereocenters. The van der Waals surface area contributed by atoms with E-state index in [-0.39, 0.29) is 5.60 Å². The molecule has 1 N–H and O–H groups in total. The maximum atomic E-state index is 5.40. The molecule has 0 saturated carbocycles. The van der Waals surface area contributed by atoms with E-state index in [9.17, 15) is 0 Å². The number of methoxy groups -OCH3 is 1. The molecule has 0 spiro atoms. The van der Waals surface area contributed by atoms with E-state index in [2.05, 4.69) is 45.0 Å². The van der Waals surface area contributed by atoms with Crippen molar-refractivity contribution in [2.24, 2.45) is 5.92 Å². The van der Waals surface area contributed by atoms with Crippen LogP contribution in [0.3, 0.4) is 0 Å². The van der Waals surface area contributed by atoms with Crippen molar-refractivity contribution in [3.8, 4) is 0 Å². The number of ether oxygens (including phenoxy) is 1. The third kappa shape index (κ3) is 9.13. The van der Waals surface area contributed by atoms with Crippen LogP contribution in [0.2, 0.25) is 0 Å². The summed E-state index contributed by atoms with van der Waals surface area (Å²) in [7, 11) is 3.95. The summed E-state index contributed by atoms with van der Waals surface area (Å²) in [5.74, 6) is 0.734. The third-order valence-electron chi connectivity index (χ3n) is 2.87. The molecule has 0 aromatic rings. The van der Waals surface area contributed by atoms with Crippen molar-refractivity contribution in [3.63, 3.8) is 0 Å². The zero-order valence-electron chi connectivity index (χ0n) is 12.0. The fraction of sp³-hybridized carbons (Fsp3) is 1.00. The average molecular weight is 230 g/mol. The molecule has 0 bridgehead atoms. The van der Waals surface area contributed by atoms with Gasteiger partial charge in [-0.05, 0) is 39.8 Å². The van der Waals surface area contributed by atoms with E-state index in [1.165, 1.54) is 0 Å². The first kappa shape index (κ1) is 15.9. The van der Waals surface area contributed by atoms with E-state index in [4.69, 9.17) is 4.74 Å². The van der Waals surface area contributed by atoms with Crippen molar-refractivity contribution in [2.45, 2.75) is 39.7 Å². The molecule has 0 aromatic heterocycles. The minimum atomic E-state index is -0.000376. The molecule has 0 aromatic carbocycles. The Kier molecular flexibility index (Phi) is 7.98. The van der Waals surface area contributed by atoms with Gasteiger partial charge < -0.3 is 15.0 Å². The monoisotopic (exact) mass is 230 g/mol. The zero-order valence-corrected chi connectivity index (χ0v) is 12.0. The van der Waals surface area contributed by atoms with Gasteiger partial charge in [0.2, 0.25) is 0 Å². The number of likely N-dealkylation sites (N-methyl/N-ethyl adjacent to an activating group) is 1. The molecule has 0 saturated heterocycles. The van der Waals surface area contributed by atoms with E-state index >= 15 is 0 Å². The van der Waals surface area contributed by atoms with Crippen LogP contribution in [0.1, 0.15) is 34.1 Å². The van der Waals surface area contributed by atoms with E-state index < -0.39 is 0 Å². The fourth-order valence-electron chi connectivity index (χ4n) is 1.33. The Morgan fingerprint density at radius 3 is 2.38 bits per heavy atom. The molecule has 0 fully saturated rings. The third-order valence-corrected chi connectivity index (χ3v) is 2.87. The second kappa shape index (κ2) is 8.04. The highest BCUT2D eigenvalue weighted by molar-refractivity contribution is 4.69. The lowest BCUT2D eigenvalue weighted by molar-refractivity contribution is 0.00921. The predicted octanol–water partition coefficient (Wildman–Crippen LogP) is 1.98. The molecule has 98 valence electrons. The Morgan fingerprint density at radius 1 is 1.25 bits per heavy atom. The number of nitrogens with one attached hydrogen (secondary N) is 1. The van der Waals surface area contributed by atoms with Crippen molar-refractivity contribution in [3.05, 3.63) is 0 Å². The second-order valence-electron chi connectivity index (χ2n) is 5.62.